The molecule has 1 aromatic heterocycles. The molecule has 1 heterocycles. The first-order chi connectivity index (χ1) is 6.59. The largest absolute Gasteiger partial charge is 0.295 e. The second kappa shape index (κ2) is 3.10. The van der Waals surface area contributed by atoms with Crippen LogP contribution in [0.5, 0.6) is 0 Å². The van der Waals surface area contributed by atoms with Crippen LogP contribution in [0.1, 0.15) is 17.3 Å². The summed E-state index contributed by atoms with van der Waals surface area (Å²) in [6.07, 6.45) is 0. The molecule has 0 fully saturated rings. The van der Waals surface area contributed by atoms with Gasteiger partial charge in [-0.2, -0.15) is 5.10 Å². The molecule has 14 heavy (non-hydrogen) atoms. The summed E-state index contributed by atoms with van der Waals surface area (Å²) in [4.78, 5) is 11.1. The zero-order chi connectivity index (χ0) is 10.3. The number of ketones is 1. The van der Waals surface area contributed by atoms with Crippen LogP contribution in [0.4, 0.5) is 0 Å². The molecule has 0 spiro atoms. The minimum atomic E-state index is 0.0358. The Morgan fingerprint density at radius 3 is 2.86 bits per heavy atom. The number of Topliss-reactive ketones (excluding diaryl/α,β-unsaturated/α-hetero) is 1. The van der Waals surface area contributed by atoms with E-state index in [0.717, 1.165) is 10.9 Å². The molecule has 0 amide bonds. The lowest BCUT2D eigenvalue weighted by molar-refractivity contribution is 0.101. The molecule has 0 radical (unpaired) electrons. The SMILES string of the molecule is CC(=O)c1ccc2c(Cl)n(C)nc2c1. The van der Waals surface area contributed by atoms with Crippen molar-refractivity contribution >= 4 is 28.3 Å². The maximum Gasteiger partial charge on any atom is 0.159 e. The lowest BCUT2D eigenvalue weighted by atomic mass is 10.1. The molecule has 2 aromatic rings. The van der Waals surface area contributed by atoms with Gasteiger partial charge in [0.15, 0.2) is 5.78 Å². The van der Waals surface area contributed by atoms with Crippen LogP contribution < -0.4 is 0 Å². The number of carbonyl (C=O) groups is 1. The second-order valence-electron chi connectivity index (χ2n) is 3.20. The smallest absolute Gasteiger partial charge is 0.159 e. The van der Waals surface area contributed by atoms with Gasteiger partial charge in [0, 0.05) is 18.0 Å². The molecule has 0 aliphatic carbocycles. The quantitative estimate of drug-likeness (QED) is 0.675. The van der Waals surface area contributed by atoms with E-state index in [1.54, 1.807) is 23.9 Å². The zero-order valence-corrected chi connectivity index (χ0v) is 8.67. The zero-order valence-electron chi connectivity index (χ0n) is 7.91. The van der Waals surface area contributed by atoms with Gasteiger partial charge in [0.05, 0.1) is 5.52 Å². The van der Waals surface area contributed by atoms with E-state index >= 15 is 0 Å². The molecule has 4 heteroatoms. The second-order valence-corrected chi connectivity index (χ2v) is 3.56. The van der Waals surface area contributed by atoms with Gasteiger partial charge in [-0.25, -0.2) is 0 Å². The van der Waals surface area contributed by atoms with Crippen molar-refractivity contribution in [3.63, 3.8) is 0 Å². The van der Waals surface area contributed by atoms with E-state index in [1.165, 1.54) is 6.92 Å². The fourth-order valence-corrected chi connectivity index (χ4v) is 1.59. The molecule has 0 saturated carbocycles. The van der Waals surface area contributed by atoms with Gasteiger partial charge < -0.3 is 0 Å². The molecule has 1 aromatic carbocycles. The fourth-order valence-electron chi connectivity index (χ4n) is 1.39. The van der Waals surface area contributed by atoms with E-state index in [-0.39, 0.29) is 5.78 Å². The van der Waals surface area contributed by atoms with E-state index < -0.39 is 0 Å². The molecule has 0 aliphatic rings. The standard InChI is InChI=1S/C10H9ClN2O/c1-6(14)7-3-4-8-9(5-7)12-13(2)10(8)11/h3-5H,1-2H3. The number of aryl methyl sites for hydroxylation is 1. The van der Waals surface area contributed by atoms with E-state index in [1.807, 2.05) is 6.07 Å². The van der Waals surface area contributed by atoms with Gasteiger partial charge in [0.1, 0.15) is 5.15 Å². The van der Waals surface area contributed by atoms with Crippen molar-refractivity contribution < 1.29 is 4.79 Å². The Labute approximate surface area is 86.3 Å². The number of rotatable bonds is 1. The highest BCUT2D eigenvalue weighted by Gasteiger charge is 2.08. The third kappa shape index (κ3) is 1.30. The molecule has 0 N–H and O–H groups in total. The predicted molar refractivity (Wildman–Crippen MR) is 55.7 cm³/mol. The van der Waals surface area contributed by atoms with Gasteiger partial charge in [0.25, 0.3) is 0 Å². The monoisotopic (exact) mass is 208 g/mol. The molecule has 3 nitrogen and oxygen atoms in total. The van der Waals surface area contributed by atoms with Crippen molar-refractivity contribution in [3.05, 3.63) is 28.9 Å². The molecule has 72 valence electrons. The number of nitrogens with zero attached hydrogens (tertiary/aromatic N) is 2. The molecule has 0 unspecified atom stereocenters. The number of halogens is 1. The van der Waals surface area contributed by atoms with Crippen LogP contribution in [0.25, 0.3) is 10.9 Å². The van der Waals surface area contributed by atoms with Crippen LogP contribution in [-0.2, 0) is 7.05 Å². The minimum absolute atomic E-state index is 0.0358. The van der Waals surface area contributed by atoms with E-state index in [4.69, 9.17) is 11.6 Å². The normalized spacial score (nSPS) is 10.8. The lowest BCUT2D eigenvalue weighted by Crippen LogP contribution is -1.90. The Hall–Kier alpha value is -1.35. The van der Waals surface area contributed by atoms with Gasteiger partial charge in [0.2, 0.25) is 0 Å². The van der Waals surface area contributed by atoms with Gasteiger partial charge in [-0.1, -0.05) is 17.7 Å². The molecule has 0 bridgehead atoms. The predicted octanol–water partition coefficient (Wildman–Crippen LogP) is 2.43. The summed E-state index contributed by atoms with van der Waals surface area (Å²) in [6, 6.07) is 5.34. The van der Waals surface area contributed by atoms with Crippen LogP contribution in [0.2, 0.25) is 5.15 Å². The Bertz CT molecular complexity index is 516. The maximum absolute atomic E-state index is 11.1. The van der Waals surface area contributed by atoms with Gasteiger partial charge in [-0.05, 0) is 19.1 Å². The van der Waals surface area contributed by atoms with Crippen molar-refractivity contribution in [1.29, 1.82) is 0 Å². The van der Waals surface area contributed by atoms with Crippen LogP contribution >= 0.6 is 11.6 Å². The highest BCUT2D eigenvalue weighted by atomic mass is 35.5. The average molecular weight is 209 g/mol. The van der Waals surface area contributed by atoms with Crippen LogP contribution in [-0.4, -0.2) is 15.6 Å². The Kier molecular flexibility index (Phi) is 2.04. The topological polar surface area (TPSA) is 34.9 Å². The summed E-state index contributed by atoms with van der Waals surface area (Å²) in [6.45, 7) is 1.53. The van der Waals surface area contributed by atoms with E-state index in [2.05, 4.69) is 5.10 Å². The van der Waals surface area contributed by atoms with Gasteiger partial charge >= 0.3 is 0 Å². The van der Waals surface area contributed by atoms with Crippen LogP contribution in [0.15, 0.2) is 18.2 Å². The third-order valence-electron chi connectivity index (χ3n) is 2.17. The van der Waals surface area contributed by atoms with Crippen molar-refractivity contribution in [2.75, 3.05) is 0 Å². The number of hydrogen-bond donors (Lipinski definition) is 0. The van der Waals surface area contributed by atoms with Gasteiger partial charge in [-0.15, -0.1) is 0 Å². The number of fused-ring (bicyclic) bond motifs is 1. The molecule has 0 aliphatic heterocycles. The van der Waals surface area contributed by atoms with E-state index in [9.17, 15) is 4.79 Å². The molecule has 0 saturated heterocycles. The summed E-state index contributed by atoms with van der Waals surface area (Å²) in [5.41, 5.74) is 1.41. The average Bonchev–Trinajstić information content (AvgIpc) is 2.42. The Morgan fingerprint density at radius 1 is 1.50 bits per heavy atom. The van der Waals surface area contributed by atoms with Crippen molar-refractivity contribution in [2.24, 2.45) is 7.05 Å². The van der Waals surface area contributed by atoms with Crippen molar-refractivity contribution in [1.82, 2.24) is 9.78 Å². The molecule has 0 atom stereocenters. The van der Waals surface area contributed by atoms with Crippen LogP contribution in [0.3, 0.4) is 0 Å². The minimum Gasteiger partial charge on any atom is -0.295 e. The highest BCUT2D eigenvalue weighted by Crippen LogP contribution is 2.23. The lowest BCUT2D eigenvalue weighted by Gasteiger charge is -1.93. The summed E-state index contributed by atoms with van der Waals surface area (Å²) >= 11 is 5.99. The Balaban J connectivity index is 2.73. The Morgan fingerprint density at radius 2 is 2.21 bits per heavy atom. The number of benzene rings is 1. The molecular formula is C10H9ClN2O. The van der Waals surface area contributed by atoms with Gasteiger partial charge in [-0.3, -0.25) is 9.48 Å². The van der Waals surface area contributed by atoms with Crippen molar-refractivity contribution in [3.8, 4) is 0 Å². The fraction of sp³-hybridized carbons (Fsp3) is 0.200. The number of aromatic nitrogens is 2. The summed E-state index contributed by atoms with van der Waals surface area (Å²) in [7, 11) is 1.77. The molecule has 2 rings (SSSR count). The molecular weight excluding hydrogens is 200 g/mol. The summed E-state index contributed by atoms with van der Waals surface area (Å²) < 4.78 is 1.59. The number of carbonyl (C=O) groups excluding carboxylic acids is 1. The summed E-state index contributed by atoms with van der Waals surface area (Å²) in [5, 5.41) is 5.66. The highest BCUT2D eigenvalue weighted by molar-refractivity contribution is 6.34. The third-order valence-corrected chi connectivity index (χ3v) is 2.62. The first-order valence-corrected chi connectivity index (χ1v) is 4.60. The summed E-state index contributed by atoms with van der Waals surface area (Å²) in [5.74, 6) is 0.0358. The van der Waals surface area contributed by atoms with E-state index in [0.29, 0.717) is 10.7 Å². The van der Waals surface area contributed by atoms with Crippen molar-refractivity contribution in [2.45, 2.75) is 6.92 Å². The maximum atomic E-state index is 11.1. The first kappa shape index (κ1) is 9.21. The van der Waals surface area contributed by atoms with Crippen LogP contribution in [0, 0.1) is 0 Å². The first-order valence-electron chi connectivity index (χ1n) is 4.23. The number of hydrogen-bond acceptors (Lipinski definition) is 2.